The zero-order chi connectivity index (χ0) is 10.8. The minimum atomic E-state index is -0.0938. The monoisotopic (exact) mass is 223 g/mol. The van der Waals surface area contributed by atoms with Crippen LogP contribution >= 0.6 is 11.3 Å². The zero-order valence-electron chi connectivity index (χ0n) is 8.32. The molecular formula is C9H13N5S. The first kappa shape index (κ1) is 10.2. The largest absolute Gasteiger partial charge is 0.384 e. The lowest BCUT2D eigenvalue weighted by Gasteiger charge is -2.14. The van der Waals surface area contributed by atoms with Crippen LogP contribution in [0, 0.1) is 6.92 Å². The highest BCUT2D eigenvalue weighted by atomic mass is 32.1. The van der Waals surface area contributed by atoms with Crippen LogP contribution in [0.1, 0.15) is 22.0 Å². The standard InChI is InChI=1S/C9H13N5S/c1-5-2-3-15-8(5)7(13-11)6-4-12-14-9(6)10/h2-4,7,13H,11H2,1H3,(H3,10,12,14). The van der Waals surface area contributed by atoms with Crippen molar-refractivity contribution in [3.8, 4) is 0 Å². The summed E-state index contributed by atoms with van der Waals surface area (Å²) in [4.78, 5) is 1.16. The second-order valence-corrected chi connectivity index (χ2v) is 4.25. The van der Waals surface area contributed by atoms with Gasteiger partial charge in [-0.1, -0.05) is 0 Å². The molecule has 6 N–H and O–H groups in total. The molecule has 0 saturated heterocycles. The molecule has 6 heteroatoms. The number of H-pyrrole nitrogens is 1. The number of nitrogen functional groups attached to an aromatic ring is 1. The minimum absolute atomic E-state index is 0.0938. The van der Waals surface area contributed by atoms with E-state index in [9.17, 15) is 0 Å². The van der Waals surface area contributed by atoms with E-state index in [0.29, 0.717) is 5.82 Å². The smallest absolute Gasteiger partial charge is 0.124 e. The lowest BCUT2D eigenvalue weighted by atomic mass is 10.1. The number of aromatic nitrogens is 2. The molecule has 0 aromatic carbocycles. The number of nitrogens with zero attached hydrogens (tertiary/aromatic N) is 1. The average Bonchev–Trinajstić information content (AvgIpc) is 2.80. The normalized spacial score (nSPS) is 12.9. The molecule has 0 spiro atoms. The maximum Gasteiger partial charge on any atom is 0.124 e. The maximum absolute atomic E-state index is 5.76. The van der Waals surface area contributed by atoms with Crippen molar-refractivity contribution in [2.24, 2.45) is 5.84 Å². The van der Waals surface area contributed by atoms with Gasteiger partial charge >= 0.3 is 0 Å². The summed E-state index contributed by atoms with van der Waals surface area (Å²) in [7, 11) is 0. The molecule has 80 valence electrons. The van der Waals surface area contributed by atoms with Crippen LogP contribution in [-0.2, 0) is 0 Å². The van der Waals surface area contributed by atoms with Crippen molar-refractivity contribution in [3.63, 3.8) is 0 Å². The molecule has 0 aliphatic heterocycles. The summed E-state index contributed by atoms with van der Waals surface area (Å²) in [6, 6.07) is 1.96. The summed E-state index contributed by atoms with van der Waals surface area (Å²) >= 11 is 1.65. The third-order valence-corrected chi connectivity index (χ3v) is 3.42. The number of aromatic amines is 1. The molecule has 2 rings (SSSR count). The summed E-state index contributed by atoms with van der Waals surface area (Å²) in [5.74, 6) is 6.10. The van der Waals surface area contributed by atoms with Gasteiger partial charge in [-0.2, -0.15) is 5.10 Å². The van der Waals surface area contributed by atoms with Gasteiger partial charge in [0.25, 0.3) is 0 Å². The maximum atomic E-state index is 5.76. The lowest BCUT2D eigenvalue weighted by Crippen LogP contribution is -2.28. The van der Waals surface area contributed by atoms with Crippen molar-refractivity contribution < 1.29 is 0 Å². The second kappa shape index (κ2) is 4.01. The van der Waals surface area contributed by atoms with Crippen LogP contribution in [0.5, 0.6) is 0 Å². The quantitative estimate of drug-likeness (QED) is 0.460. The third-order valence-electron chi connectivity index (χ3n) is 2.34. The number of hydrogen-bond donors (Lipinski definition) is 4. The first-order valence-electron chi connectivity index (χ1n) is 4.53. The molecule has 0 aliphatic rings. The van der Waals surface area contributed by atoms with Crippen molar-refractivity contribution in [2.45, 2.75) is 13.0 Å². The van der Waals surface area contributed by atoms with E-state index in [4.69, 9.17) is 11.6 Å². The number of nitrogens with two attached hydrogens (primary N) is 2. The molecule has 1 unspecified atom stereocenters. The van der Waals surface area contributed by atoms with Gasteiger partial charge in [-0.15, -0.1) is 11.3 Å². The van der Waals surface area contributed by atoms with Crippen LogP contribution in [0.2, 0.25) is 0 Å². The van der Waals surface area contributed by atoms with Crippen LogP contribution in [0.4, 0.5) is 5.82 Å². The number of hydrogen-bond acceptors (Lipinski definition) is 5. The third kappa shape index (κ3) is 1.74. The number of anilines is 1. The highest BCUT2D eigenvalue weighted by Gasteiger charge is 2.19. The molecule has 2 aromatic rings. The Kier molecular flexibility index (Phi) is 2.72. The molecule has 0 fully saturated rings. The first-order chi connectivity index (χ1) is 7.24. The van der Waals surface area contributed by atoms with Gasteiger partial charge in [-0.05, 0) is 23.9 Å². The van der Waals surface area contributed by atoms with Gasteiger partial charge in [0.2, 0.25) is 0 Å². The number of rotatable bonds is 3. The van der Waals surface area contributed by atoms with E-state index in [1.165, 1.54) is 5.56 Å². The summed E-state index contributed by atoms with van der Waals surface area (Å²) in [5.41, 5.74) is 10.6. The van der Waals surface area contributed by atoms with Gasteiger partial charge in [0.1, 0.15) is 5.82 Å². The van der Waals surface area contributed by atoms with Gasteiger partial charge in [0, 0.05) is 10.4 Å². The summed E-state index contributed by atoms with van der Waals surface area (Å²) in [6.45, 7) is 2.05. The molecule has 0 radical (unpaired) electrons. The second-order valence-electron chi connectivity index (χ2n) is 3.31. The number of nitrogens with one attached hydrogen (secondary N) is 2. The SMILES string of the molecule is Cc1ccsc1C(NN)c1cn[nH]c1N. The predicted molar refractivity (Wildman–Crippen MR) is 61.2 cm³/mol. The number of hydrazine groups is 1. The van der Waals surface area contributed by atoms with Crippen molar-refractivity contribution in [1.29, 1.82) is 0 Å². The molecule has 1 atom stereocenters. The van der Waals surface area contributed by atoms with Crippen molar-refractivity contribution in [3.05, 3.63) is 33.6 Å². The Labute approximate surface area is 91.5 Å². The van der Waals surface area contributed by atoms with E-state index in [2.05, 4.69) is 21.7 Å². The van der Waals surface area contributed by atoms with Gasteiger partial charge < -0.3 is 5.73 Å². The average molecular weight is 223 g/mol. The van der Waals surface area contributed by atoms with Gasteiger partial charge in [-0.25, -0.2) is 5.43 Å². The van der Waals surface area contributed by atoms with Crippen LogP contribution in [-0.4, -0.2) is 10.2 Å². The molecular weight excluding hydrogens is 210 g/mol. The van der Waals surface area contributed by atoms with E-state index >= 15 is 0 Å². The molecule has 5 nitrogen and oxygen atoms in total. The highest BCUT2D eigenvalue weighted by Crippen LogP contribution is 2.30. The van der Waals surface area contributed by atoms with Crippen molar-refractivity contribution in [2.75, 3.05) is 5.73 Å². The molecule has 0 saturated carbocycles. The fraction of sp³-hybridized carbons (Fsp3) is 0.222. The molecule has 0 bridgehead atoms. The van der Waals surface area contributed by atoms with E-state index in [1.54, 1.807) is 17.5 Å². The van der Waals surface area contributed by atoms with Crippen molar-refractivity contribution in [1.82, 2.24) is 15.6 Å². The Morgan fingerprint density at radius 1 is 1.60 bits per heavy atom. The highest BCUT2D eigenvalue weighted by molar-refractivity contribution is 7.10. The lowest BCUT2D eigenvalue weighted by molar-refractivity contribution is 0.646. The molecule has 2 heterocycles. The van der Waals surface area contributed by atoms with E-state index in [1.807, 2.05) is 12.3 Å². The Morgan fingerprint density at radius 2 is 2.40 bits per heavy atom. The predicted octanol–water partition coefficient (Wildman–Crippen LogP) is 0.915. The summed E-state index contributed by atoms with van der Waals surface area (Å²) in [6.07, 6.45) is 1.69. The van der Waals surface area contributed by atoms with E-state index in [-0.39, 0.29) is 6.04 Å². The summed E-state index contributed by atoms with van der Waals surface area (Å²) in [5, 5.41) is 8.62. The van der Waals surface area contributed by atoms with Crippen LogP contribution in [0.3, 0.4) is 0 Å². The van der Waals surface area contributed by atoms with Gasteiger partial charge in [0.05, 0.1) is 12.2 Å². The minimum Gasteiger partial charge on any atom is -0.384 e. The molecule has 15 heavy (non-hydrogen) atoms. The van der Waals surface area contributed by atoms with Crippen LogP contribution in [0.25, 0.3) is 0 Å². The van der Waals surface area contributed by atoms with E-state index in [0.717, 1.165) is 10.4 Å². The van der Waals surface area contributed by atoms with Crippen LogP contribution in [0.15, 0.2) is 17.6 Å². The van der Waals surface area contributed by atoms with E-state index < -0.39 is 0 Å². The fourth-order valence-electron chi connectivity index (χ4n) is 1.52. The number of aryl methyl sites for hydroxylation is 1. The fourth-order valence-corrected chi connectivity index (χ4v) is 2.53. The molecule has 0 aliphatic carbocycles. The first-order valence-corrected chi connectivity index (χ1v) is 5.41. The molecule has 2 aromatic heterocycles. The zero-order valence-corrected chi connectivity index (χ0v) is 9.14. The van der Waals surface area contributed by atoms with Crippen LogP contribution < -0.4 is 17.0 Å². The van der Waals surface area contributed by atoms with Gasteiger partial charge in [-0.3, -0.25) is 10.9 Å². The Hall–Kier alpha value is -1.37. The topological polar surface area (TPSA) is 92.7 Å². The molecule has 0 amide bonds. The Morgan fingerprint density at radius 3 is 2.87 bits per heavy atom. The number of thiophene rings is 1. The Balaban J connectivity index is 2.41. The Bertz CT molecular complexity index is 407. The summed E-state index contributed by atoms with van der Waals surface area (Å²) < 4.78 is 0. The van der Waals surface area contributed by atoms with Gasteiger partial charge in [0.15, 0.2) is 0 Å². The van der Waals surface area contributed by atoms with Crippen molar-refractivity contribution >= 4 is 17.2 Å².